The normalized spacial score (nSPS) is 11.0. The number of thiocarbonyl (C=S) groups is 1. The Morgan fingerprint density at radius 2 is 1.75 bits per heavy atom. The van der Waals surface area contributed by atoms with Crippen LogP contribution in [0.3, 0.4) is 0 Å². The van der Waals surface area contributed by atoms with E-state index >= 15 is 0 Å². The summed E-state index contributed by atoms with van der Waals surface area (Å²) in [4.78, 5) is 14.5. The summed E-state index contributed by atoms with van der Waals surface area (Å²) in [7, 11) is 0. The molecule has 0 atom stereocenters. The van der Waals surface area contributed by atoms with Crippen LogP contribution in [0, 0.1) is 5.41 Å². The topological polar surface area (TPSA) is 58.4 Å². The van der Waals surface area contributed by atoms with Crippen molar-refractivity contribution < 1.29 is 4.79 Å². The zero-order valence-corrected chi connectivity index (χ0v) is 13.4. The molecule has 0 aliphatic carbocycles. The number of rotatable bonds is 6. The molecule has 4 nitrogen and oxygen atoms in total. The molecule has 0 unspecified atom stereocenters. The first-order chi connectivity index (χ1) is 9.32. The molecule has 1 amide bonds. The average molecular weight is 293 g/mol. The number of anilines is 2. The van der Waals surface area contributed by atoms with Crippen LogP contribution < -0.4 is 16.0 Å². The van der Waals surface area contributed by atoms with Crippen molar-refractivity contribution in [1.82, 2.24) is 0 Å². The molecule has 0 saturated carbocycles. The van der Waals surface area contributed by atoms with Crippen LogP contribution in [0.5, 0.6) is 0 Å². The van der Waals surface area contributed by atoms with Gasteiger partial charge in [-0.1, -0.05) is 12.2 Å². The van der Waals surface area contributed by atoms with Crippen LogP contribution in [0.1, 0.15) is 27.7 Å². The Labute approximate surface area is 126 Å². The van der Waals surface area contributed by atoms with Gasteiger partial charge in [-0.25, -0.2) is 0 Å². The Hall–Kier alpha value is -1.62. The molecule has 0 spiro atoms. The molecule has 1 aromatic carbocycles. The molecule has 1 rings (SSSR count). The molecule has 0 aliphatic rings. The van der Waals surface area contributed by atoms with Gasteiger partial charge in [-0.3, -0.25) is 4.79 Å². The molecule has 0 heterocycles. The van der Waals surface area contributed by atoms with Gasteiger partial charge >= 0.3 is 0 Å². The summed E-state index contributed by atoms with van der Waals surface area (Å²) in [5.74, 6) is -0.194. The summed E-state index contributed by atoms with van der Waals surface area (Å²) < 4.78 is 0. The highest BCUT2D eigenvalue weighted by Gasteiger charge is 2.30. The summed E-state index contributed by atoms with van der Waals surface area (Å²) in [5, 5.41) is 2.84. The second-order valence-corrected chi connectivity index (χ2v) is 5.60. The maximum atomic E-state index is 12.1. The lowest BCUT2D eigenvalue weighted by molar-refractivity contribution is -0.121. The van der Waals surface area contributed by atoms with Crippen molar-refractivity contribution in [3.8, 4) is 0 Å². The lowest BCUT2D eigenvalue weighted by Gasteiger charge is -2.23. The van der Waals surface area contributed by atoms with Crippen LogP contribution in [0.15, 0.2) is 24.3 Å². The van der Waals surface area contributed by atoms with Gasteiger partial charge < -0.3 is 16.0 Å². The van der Waals surface area contributed by atoms with Crippen LogP contribution in [-0.4, -0.2) is 24.0 Å². The highest BCUT2D eigenvalue weighted by atomic mass is 32.1. The molecule has 0 aromatic heterocycles. The molecular weight excluding hydrogens is 270 g/mol. The molecule has 20 heavy (non-hydrogen) atoms. The Kier molecular flexibility index (Phi) is 5.51. The zero-order valence-electron chi connectivity index (χ0n) is 12.6. The second-order valence-electron chi connectivity index (χ2n) is 5.16. The fourth-order valence-corrected chi connectivity index (χ4v) is 1.84. The maximum absolute atomic E-state index is 12.1. The van der Waals surface area contributed by atoms with E-state index in [0.29, 0.717) is 0 Å². The van der Waals surface area contributed by atoms with Crippen LogP contribution in [0.25, 0.3) is 0 Å². The minimum atomic E-state index is -0.854. The van der Waals surface area contributed by atoms with E-state index in [1.165, 1.54) is 0 Å². The van der Waals surface area contributed by atoms with Gasteiger partial charge in [0.25, 0.3) is 0 Å². The first kappa shape index (κ1) is 16.4. The molecule has 5 heteroatoms. The van der Waals surface area contributed by atoms with E-state index in [1.54, 1.807) is 13.8 Å². The Morgan fingerprint density at radius 3 is 2.15 bits per heavy atom. The molecule has 1 aromatic rings. The lowest BCUT2D eigenvalue weighted by Crippen LogP contribution is -2.41. The predicted molar refractivity (Wildman–Crippen MR) is 89.2 cm³/mol. The number of hydrogen-bond donors (Lipinski definition) is 2. The van der Waals surface area contributed by atoms with Gasteiger partial charge in [0.1, 0.15) is 0 Å². The van der Waals surface area contributed by atoms with Crippen LogP contribution in [0.2, 0.25) is 0 Å². The Balaban J connectivity index is 2.80. The predicted octanol–water partition coefficient (Wildman–Crippen LogP) is 2.78. The SMILES string of the molecule is CCN(CC)c1ccc(NC(=O)C(C)(C)C(N)=S)cc1. The number of hydrogen-bond acceptors (Lipinski definition) is 3. The van der Waals surface area contributed by atoms with Gasteiger partial charge in [0.15, 0.2) is 0 Å². The third kappa shape index (κ3) is 3.70. The number of nitrogens with one attached hydrogen (secondary N) is 1. The first-order valence-electron chi connectivity index (χ1n) is 6.79. The number of nitrogens with zero attached hydrogens (tertiary/aromatic N) is 1. The number of benzene rings is 1. The van der Waals surface area contributed by atoms with Crippen LogP contribution >= 0.6 is 12.2 Å². The van der Waals surface area contributed by atoms with Gasteiger partial charge in [0.05, 0.1) is 10.4 Å². The quantitative estimate of drug-likeness (QED) is 0.792. The molecular formula is C15H23N3OS. The third-order valence-corrected chi connectivity index (χ3v) is 3.95. The Morgan fingerprint density at radius 1 is 1.25 bits per heavy atom. The van der Waals surface area contributed by atoms with E-state index in [-0.39, 0.29) is 10.9 Å². The number of carbonyl (C=O) groups excluding carboxylic acids is 1. The summed E-state index contributed by atoms with van der Waals surface area (Å²) in [6, 6.07) is 7.77. The Bertz CT molecular complexity index is 478. The van der Waals surface area contributed by atoms with Gasteiger partial charge in [0.2, 0.25) is 5.91 Å². The van der Waals surface area contributed by atoms with E-state index in [0.717, 1.165) is 24.5 Å². The minimum absolute atomic E-state index is 0.190. The molecule has 3 N–H and O–H groups in total. The largest absolute Gasteiger partial charge is 0.392 e. The van der Waals surface area contributed by atoms with E-state index in [4.69, 9.17) is 18.0 Å². The third-order valence-electron chi connectivity index (χ3n) is 3.44. The minimum Gasteiger partial charge on any atom is -0.392 e. The summed E-state index contributed by atoms with van der Waals surface area (Å²) >= 11 is 4.92. The van der Waals surface area contributed by atoms with E-state index in [2.05, 4.69) is 24.1 Å². The summed E-state index contributed by atoms with van der Waals surface area (Å²) in [6.07, 6.45) is 0. The van der Waals surface area contributed by atoms with E-state index < -0.39 is 5.41 Å². The number of nitrogens with two attached hydrogens (primary N) is 1. The number of carbonyl (C=O) groups is 1. The fourth-order valence-electron chi connectivity index (χ4n) is 1.74. The van der Waals surface area contributed by atoms with Crippen molar-refractivity contribution in [1.29, 1.82) is 0 Å². The van der Waals surface area contributed by atoms with E-state index in [9.17, 15) is 4.79 Å². The molecule has 0 bridgehead atoms. The average Bonchev–Trinajstić information content (AvgIpc) is 2.41. The number of amides is 1. The molecule has 0 saturated heterocycles. The fraction of sp³-hybridized carbons (Fsp3) is 0.467. The highest BCUT2D eigenvalue weighted by Crippen LogP contribution is 2.21. The highest BCUT2D eigenvalue weighted by molar-refractivity contribution is 7.80. The van der Waals surface area contributed by atoms with Crippen molar-refractivity contribution >= 4 is 34.5 Å². The smallest absolute Gasteiger partial charge is 0.236 e. The zero-order chi connectivity index (χ0) is 15.3. The lowest BCUT2D eigenvalue weighted by atomic mass is 9.92. The molecule has 110 valence electrons. The van der Waals surface area contributed by atoms with Gasteiger partial charge in [-0.2, -0.15) is 0 Å². The molecule has 0 fully saturated rings. The van der Waals surface area contributed by atoms with Crippen LogP contribution in [0.4, 0.5) is 11.4 Å². The van der Waals surface area contributed by atoms with Crippen molar-refractivity contribution in [2.24, 2.45) is 11.1 Å². The van der Waals surface area contributed by atoms with Crippen molar-refractivity contribution in [3.05, 3.63) is 24.3 Å². The monoisotopic (exact) mass is 293 g/mol. The first-order valence-corrected chi connectivity index (χ1v) is 7.20. The van der Waals surface area contributed by atoms with Gasteiger partial charge in [-0.15, -0.1) is 0 Å². The van der Waals surface area contributed by atoms with Crippen LogP contribution in [-0.2, 0) is 4.79 Å². The summed E-state index contributed by atoms with van der Waals surface area (Å²) in [6.45, 7) is 9.57. The maximum Gasteiger partial charge on any atom is 0.236 e. The standard InChI is InChI=1S/C15H23N3OS/c1-5-18(6-2)12-9-7-11(8-10-12)17-14(19)15(3,4)13(16)20/h7-10H,5-6H2,1-4H3,(H2,16,20)(H,17,19). The second kappa shape index (κ2) is 6.70. The van der Waals surface area contributed by atoms with Gasteiger partial charge in [-0.05, 0) is 52.0 Å². The molecule has 0 aliphatic heterocycles. The van der Waals surface area contributed by atoms with Crippen molar-refractivity contribution in [2.45, 2.75) is 27.7 Å². The van der Waals surface area contributed by atoms with Crippen molar-refractivity contribution in [3.63, 3.8) is 0 Å². The van der Waals surface area contributed by atoms with Gasteiger partial charge in [0, 0.05) is 24.5 Å². The molecule has 0 radical (unpaired) electrons. The van der Waals surface area contributed by atoms with Crippen molar-refractivity contribution in [2.75, 3.05) is 23.3 Å². The van der Waals surface area contributed by atoms with E-state index in [1.807, 2.05) is 24.3 Å². The summed E-state index contributed by atoms with van der Waals surface area (Å²) in [5.41, 5.74) is 6.62.